The van der Waals surface area contributed by atoms with Gasteiger partial charge in [0.05, 0.1) is 11.1 Å². The van der Waals surface area contributed by atoms with Crippen LogP contribution in [0.5, 0.6) is 5.75 Å². The van der Waals surface area contributed by atoms with Crippen LogP contribution in [0.15, 0.2) is 59.4 Å². The first-order valence-corrected chi connectivity index (χ1v) is 8.91. The molecule has 2 aromatic carbocycles. The highest BCUT2D eigenvalue weighted by Gasteiger charge is 2.31. The molecule has 0 N–H and O–H groups in total. The summed E-state index contributed by atoms with van der Waals surface area (Å²) in [6.45, 7) is 1.91. The number of likely N-dealkylation sites (N-methyl/N-ethyl adjacent to an activating group) is 1. The van der Waals surface area contributed by atoms with E-state index in [-0.39, 0.29) is 17.0 Å². The largest absolute Gasteiger partial charge is 0.483 e. The van der Waals surface area contributed by atoms with Gasteiger partial charge in [-0.2, -0.15) is 13.2 Å². The molecule has 3 aromatic rings. The maximum absolute atomic E-state index is 12.9. The smallest absolute Gasteiger partial charge is 0.416 e. The molecule has 0 spiro atoms. The summed E-state index contributed by atoms with van der Waals surface area (Å²) in [7, 11) is 1.37. The Kier molecular flexibility index (Phi) is 5.63. The minimum Gasteiger partial charge on any atom is -0.483 e. The predicted octanol–water partition coefficient (Wildman–Crippen LogP) is 4.08. The van der Waals surface area contributed by atoms with Crippen LogP contribution >= 0.6 is 0 Å². The lowest BCUT2D eigenvalue weighted by Crippen LogP contribution is -2.31. The van der Waals surface area contributed by atoms with Crippen LogP contribution in [-0.2, 0) is 17.5 Å². The van der Waals surface area contributed by atoms with E-state index in [4.69, 9.17) is 4.74 Å². The lowest BCUT2D eigenvalue weighted by Gasteiger charge is -2.19. The van der Waals surface area contributed by atoms with Gasteiger partial charge in [-0.25, -0.2) is 0 Å². The molecular weight excluding hydrogens is 385 g/mol. The fourth-order valence-corrected chi connectivity index (χ4v) is 3.02. The minimum absolute atomic E-state index is 0.0969. The Morgan fingerprint density at radius 3 is 2.52 bits per heavy atom. The van der Waals surface area contributed by atoms with Crippen LogP contribution in [0.4, 0.5) is 18.9 Å². The number of hydrogen-bond donors (Lipinski definition) is 0. The number of ether oxygens (including phenoxy) is 1. The molecule has 0 atom stereocenters. The fraction of sp³-hybridized carbons (Fsp3) is 0.238. The topological polar surface area (TPSA) is 51.5 Å². The Balaban J connectivity index is 1.82. The summed E-state index contributed by atoms with van der Waals surface area (Å²) in [4.78, 5) is 25.8. The lowest BCUT2D eigenvalue weighted by atomic mass is 10.2. The van der Waals surface area contributed by atoms with Crippen molar-refractivity contribution < 1.29 is 22.7 Å². The molecule has 0 saturated carbocycles. The van der Waals surface area contributed by atoms with Gasteiger partial charge in [0.15, 0.2) is 6.61 Å². The number of hydrogen-bond acceptors (Lipinski definition) is 3. The second-order valence-electron chi connectivity index (χ2n) is 6.40. The van der Waals surface area contributed by atoms with E-state index in [1.165, 1.54) is 25.2 Å². The number of aryl methyl sites for hydroxylation is 1. The molecule has 0 aliphatic rings. The van der Waals surface area contributed by atoms with Crippen LogP contribution < -0.4 is 15.2 Å². The monoisotopic (exact) mass is 404 g/mol. The van der Waals surface area contributed by atoms with E-state index in [0.29, 0.717) is 17.4 Å². The molecule has 29 heavy (non-hydrogen) atoms. The molecule has 152 valence electrons. The average molecular weight is 404 g/mol. The maximum atomic E-state index is 12.9. The predicted molar refractivity (Wildman–Crippen MR) is 104 cm³/mol. The Bertz CT molecular complexity index is 1110. The van der Waals surface area contributed by atoms with E-state index in [1.54, 1.807) is 28.8 Å². The van der Waals surface area contributed by atoms with Crippen molar-refractivity contribution in [3.05, 3.63) is 70.5 Å². The number of fused-ring (bicyclic) bond motifs is 1. The number of amides is 1. The summed E-state index contributed by atoms with van der Waals surface area (Å²) in [6.07, 6.45) is -4.50. The summed E-state index contributed by atoms with van der Waals surface area (Å²) < 4.78 is 45.8. The summed E-state index contributed by atoms with van der Waals surface area (Å²) in [5.41, 5.74) is -0.333. The zero-order valence-electron chi connectivity index (χ0n) is 15.9. The van der Waals surface area contributed by atoms with Gasteiger partial charge in [-0.1, -0.05) is 18.2 Å². The van der Waals surface area contributed by atoms with Gasteiger partial charge < -0.3 is 14.2 Å². The average Bonchev–Trinajstić information content (AvgIpc) is 2.70. The summed E-state index contributed by atoms with van der Waals surface area (Å²) in [5.74, 6) is -0.297. The number of aromatic nitrogens is 1. The number of rotatable bonds is 5. The molecule has 0 unspecified atom stereocenters. The maximum Gasteiger partial charge on any atom is 0.416 e. The second kappa shape index (κ2) is 7.98. The normalized spacial score (nSPS) is 11.5. The van der Waals surface area contributed by atoms with Gasteiger partial charge in [0.1, 0.15) is 5.75 Å². The van der Waals surface area contributed by atoms with Crippen LogP contribution in [0.25, 0.3) is 10.9 Å². The first-order chi connectivity index (χ1) is 13.7. The number of carbonyl (C=O) groups is 1. The number of anilines is 1. The number of nitrogens with zero attached hydrogens (tertiary/aromatic N) is 2. The first kappa shape index (κ1) is 20.4. The van der Waals surface area contributed by atoms with Gasteiger partial charge >= 0.3 is 6.18 Å². The Morgan fingerprint density at radius 2 is 1.83 bits per heavy atom. The van der Waals surface area contributed by atoms with Crippen molar-refractivity contribution in [2.75, 3.05) is 18.6 Å². The molecule has 0 radical (unpaired) electrons. The third-order valence-electron chi connectivity index (χ3n) is 4.58. The third kappa shape index (κ3) is 4.26. The minimum atomic E-state index is -4.50. The number of carbonyl (C=O) groups excluding carboxylic acids is 1. The third-order valence-corrected chi connectivity index (χ3v) is 4.58. The van der Waals surface area contributed by atoms with Crippen LogP contribution in [0.2, 0.25) is 0 Å². The van der Waals surface area contributed by atoms with Gasteiger partial charge in [0.2, 0.25) is 0 Å². The molecule has 8 heteroatoms. The van der Waals surface area contributed by atoms with Crippen molar-refractivity contribution >= 4 is 22.5 Å². The van der Waals surface area contributed by atoms with Crippen molar-refractivity contribution in [3.8, 4) is 5.75 Å². The second-order valence-corrected chi connectivity index (χ2v) is 6.40. The standard InChI is InChI=1S/C21H19F3N2O3/c1-3-26-17-10-5-4-9-16(17)18(12-19(26)27)29-13-20(28)25(2)15-8-6-7-14(11-15)21(22,23)24/h4-12H,3,13H2,1-2H3. The van der Waals surface area contributed by atoms with E-state index in [1.807, 2.05) is 6.92 Å². The van der Waals surface area contributed by atoms with Crippen molar-refractivity contribution in [2.24, 2.45) is 0 Å². The molecule has 0 saturated heterocycles. The molecule has 0 aliphatic heterocycles. The van der Waals surface area contributed by atoms with Gasteiger partial charge in [0, 0.05) is 30.7 Å². The summed E-state index contributed by atoms with van der Waals surface area (Å²) in [5, 5.41) is 0.670. The van der Waals surface area contributed by atoms with Crippen LogP contribution in [0.3, 0.4) is 0 Å². The van der Waals surface area contributed by atoms with E-state index in [0.717, 1.165) is 17.0 Å². The zero-order chi connectivity index (χ0) is 21.2. The number of pyridine rings is 1. The Labute approximate surface area is 164 Å². The fourth-order valence-electron chi connectivity index (χ4n) is 3.02. The number of halogens is 3. The highest BCUT2D eigenvalue weighted by atomic mass is 19.4. The van der Waals surface area contributed by atoms with Gasteiger partial charge in [-0.05, 0) is 37.3 Å². The molecule has 5 nitrogen and oxygen atoms in total. The first-order valence-electron chi connectivity index (χ1n) is 8.91. The lowest BCUT2D eigenvalue weighted by molar-refractivity contribution is -0.137. The van der Waals surface area contributed by atoms with Gasteiger partial charge in [0.25, 0.3) is 11.5 Å². The molecule has 1 aromatic heterocycles. The molecule has 0 aliphatic carbocycles. The zero-order valence-corrected chi connectivity index (χ0v) is 15.9. The van der Waals surface area contributed by atoms with Crippen molar-refractivity contribution in [2.45, 2.75) is 19.6 Å². The van der Waals surface area contributed by atoms with E-state index >= 15 is 0 Å². The van der Waals surface area contributed by atoms with Gasteiger partial charge in [-0.15, -0.1) is 0 Å². The van der Waals surface area contributed by atoms with Crippen molar-refractivity contribution in [1.82, 2.24) is 4.57 Å². The van der Waals surface area contributed by atoms with E-state index < -0.39 is 24.3 Å². The number of alkyl halides is 3. The van der Waals surface area contributed by atoms with Crippen LogP contribution in [0, 0.1) is 0 Å². The number of benzene rings is 2. The molecule has 3 rings (SSSR count). The van der Waals surface area contributed by atoms with E-state index in [9.17, 15) is 22.8 Å². The van der Waals surface area contributed by atoms with Gasteiger partial charge in [-0.3, -0.25) is 9.59 Å². The highest BCUT2D eigenvalue weighted by molar-refractivity contribution is 5.94. The SMILES string of the molecule is CCn1c(=O)cc(OCC(=O)N(C)c2cccc(C(F)(F)F)c2)c2ccccc21. The highest BCUT2D eigenvalue weighted by Crippen LogP contribution is 2.31. The quantitative estimate of drug-likeness (QED) is 0.644. The molecule has 0 fully saturated rings. The Morgan fingerprint density at radius 1 is 1.10 bits per heavy atom. The van der Waals surface area contributed by atoms with Crippen molar-refractivity contribution in [1.29, 1.82) is 0 Å². The number of para-hydroxylation sites is 1. The molecule has 0 bridgehead atoms. The Hall–Kier alpha value is -3.29. The van der Waals surface area contributed by atoms with Crippen LogP contribution in [0.1, 0.15) is 12.5 Å². The summed E-state index contributed by atoms with van der Waals surface area (Å²) >= 11 is 0. The summed E-state index contributed by atoms with van der Waals surface area (Å²) in [6, 6.07) is 12.9. The van der Waals surface area contributed by atoms with Crippen LogP contribution in [-0.4, -0.2) is 24.1 Å². The molecular formula is C21H19F3N2O3. The van der Waals surface area contributed by atoms with E-state index in [2.05, 4.69) is 0 Å². The van der Waals surface area contributed by atoms with Crippen molar-refractivity contribution in [3.63, 3.8) is 0 Å². The molecule has 1 amide bonds. The molecule has 1 heterocycles.